The number of hydrogen-bond acceptors (Lipinski definition) is 5. The number of fused-ring (bicyclic) bond motifs is 1. The molecule has 27 heavy (non-hydrogen) atoms. The largest absolute Gasteiger partial charge is 0.361 e. The van der Waals surface area contributed by atoms with Gasteiger partial charge in [0.25, 0.3) is 5.91 Å². The van der Waals surface area contributed by atoms with Crippen LogP contribution in [-0.4, -0.2) is 54.4 Å². The van der Waals surface area contributed by atoms with E-state index in [0.29, 0.717) is 24.3 Å². The van der Waals surface area contributed by atoms with E-state index in [0.717, 1.165) is 17.8 Å². The van der Waals surface area contributed by atoms with Gasteiger partial charge in [0.1, 0.15) is 6.04 Å². The zero-order valence-electron chi connectivity index (χ0n) is 15.5. The predicted octanol–water partition coefficient (Wildman–Crippen LogP) is 1.65. The lowest BCUT2D eigenvalue weighted by Gasteiger charge is -2.37. The SMILES string of the molecule is CC1C(=O)Nc2cc(C(=O)N3CCNCC3c3cccnc3)ccc2N1C. The minimum absolute atomic E-state index is 0.0383. The van der Waals surface area contributed by atoms with Crippen molar-refractivity contribution in [2.24, 2.45) is 0 Å². The number of benzene rings is 1. The highest BCUT2D eigenvalue weighted by atomic mass is 16.2. The highest BCUT2D eigenvalue weighted by Crippen LogP contribution is 2.33. The number of piperazine rings is 1. The van der Waals surface area contributed by atoms with E-state index in [1.165, 1.54) is 0 Å². The Bertz CT molecular complexity index is 870. The molecule has 2 unspecified atom stereocenters. The number of rotatable bonds is 2. The van der Waals surface area contributed by atoms with Crippen molar-refractivity contribution in [1.82, 2.24) is 15.2 Å². The minimum Gasteiger partial charge on any atom is -0.361 e. The third kappa shape index (κ3) is 3.14. The summed E-state index contributed by atoms with van der Waals surface area (Å²) < 4.78 is 0. The molecule has 1 aromatic heterocycles. The van der Waals surface area contributed by atoms with Crippen molar-refractivity contribution in [2.45, 2.75) is 19.0 Å². The van der Waals surface area contributed by atoms with Crippen molar-refractivity contribution in [3.8, 4) is 0 Å². The van der Waals surface area contributed by atoms with Crippen molar-refractivity contribution < 1.29 is 9.59 Å². The summed E-state index contributed by atoms with van der Waals surface area (Å²) in [5, 5.41) is 6.26. The monoisotopic (exact) mass is 365 g/mol. The van der Waals surface area contributed by atoms with Crippen molar-refractivity contribution in [3.05, 3.63) is 53.9 Å². The average molecular weight is 365 g/mol. The van der Waals surface area contributed by atoms with Gasteiger partial charge in [-0.05, 0) is 36.8 Å². The van der Waals surface area contributed by atoms with Gasteiger partial charge in [0.15, 0.2) is 0 Å². The van der Waals surface area contributed by atoms with E-state index in [4.69, 9.17) is 0 Å². The Morgan fingerprint density at radius 1 is 1.30 bits per heavy atom. The highest BCUT2D eigenvalue weighted by Gasteiger charge is 2.31. The first kappa shape index (κ1) is 17.5. The Hall–Kier alpha value is -2.93. The number of likely N-dealkylation sites (N-methyl/N-ethyl adjacent to an activating group) is 1. The second-order valence-corrected chi connectivity index (χ2v) is 7.01. The molecule has 1 saturated heterocycles. The van der Waals surface area contributed by atoms with Gasteiger partial charge in [-0.2, -0.15) is 0 Å². The van der Waals surface area contributed by atoms with Gasteiger partial charge < -0.3 is 20.4 Å². The van der Waals surface area contributed by atoms with E-state index >= 15 is 0 Å². The standard InChI is InChI=1S/C20H23N5O2/c1-13-19(26)23-16-10-14(5-6-17(16)24(13)2)20(27)25-9-8-22-12-18(25)15-4-3-7-21-11-15/h3-7,10-11,13,18,22H,8-9,12H2,1-2H3,(H,23,26). The summed E-state index contributed by atoms with van der Waals surface area (Å²) in [6, 6.07) is 9.10. The number of aromatic nitrogens is 1. The summed E-state index contributed by atoms with van der Waals surface area (Å²) in [4.78, 5) is 33.4. The van der Waals surface area contributed by atoms with E-state index in [-0.39, 0.29) is 23.9 Å². The van der Waals surface area contributed by atoms with Crippen LogP contribution in [0.15, 0.2) is 42.7 Å². The van der Waals surface area contributed by atoms with Crippen LogP contribution in [0, 0.1) is 0 Å². The molecule has 2 atom stereocenters. The third-order valence-electron chi connectivity index (χ3n) is 5.42. The summed E-state index contributed by atoms with van der Waals surface area (Å²) in [5.74, 6) is -0.103. The molecule has 2 amide bonds. The molecule has 2 aliphatic heterocycles. The molecular weight excluding hydrogens is 342 g/mol. The Morgan fingerprint density at radius 2 is 2.15 bits per heavy atom. The summed E-state index contributed by atoms with van der Waals surface area (Å²) in [7, 11) is 1.89. The molecule has 1 aromatic carbocycles. The van der Waals surface area contributed by atoms with Crippen LogP contribution in [0.1, 0.15) is 28.9 Å². The summed E-state index contributed by atoms with van der Waals surface area (Å²) in [5.41, 5.74) is 3.19. The number of amides is 2. The molecule has 0 radical (unpaired) electrons. The van der Waals surface area contributed by atoms with E-state index < -0.39 is 0 Å². The molecule has 3 heterocycles. The average Bonchev–Trinajstić information content (AvgIpc) is 2.72. The maximum absolute atomic E-state index is 13.2. The van der Waals surface area contributed by atoms with Gasteiger partial charge in [-0.15, -0.1) is 0 Å². The molecule has 7 nitrogen and oxygen atoms in total. The van der Waals surface area contributed by atoms with Crippen molar-refractivity contribution in [1.29, 1.82) is 0 Å². The minimum atomic E-state index is -0.234. The molecule has 2 aliphatic rings. The van der Waals surface area contributed by atoms with E-state index in [2.05, 4.69) is 15.6 Å². The zero-order chi connectivity index (χ0) is 19.0. The van der Waals surface area contributed by atoms with Crippen molar-refractivity contribution in [3.63, 3.8) is 0 Å². The number of anilines is 2. The van der Waals surface area contributed by atoms with Gasteiger partial charge in [-0.25, -0.2) is 0 Å². The van der Waals surface area contributed by atoms with Crippen LogP contribution in [-0.2, 0) is 4.79 Å². The molecule has 2 N–H and O–H groups in total. The highest BCUT2D eigenvalue weighted by molar-refractivity contribution is 6.05. The number of nitrogens with one attached hydrogen (secondary N) is 2. The normalized spacial score (nSPS) is 22.2. The fraction of sp³-hybridized carbons (Fsp3) is 0.350. The molecule has 140 valence electrons. The van der Waals surface area contributed by atoms with Crippen LogP contribution in [0.3, 0.4) is 0 Å². The number of pyridine rings is 1. The lowest BCUT2D eigenvalue weighted by atomic mass is 10.0. The lowest BCUT2D eigenvalue weighted by Crippen LogP contribution is -2.48. The maximum Gasteiger partial charge on any atom is 0.254 e. The van der Waals surface area contributed by atoms with Crippen LogP contribution in [0.5, 0.6) is 0 Å². The van der Waals surface area contributed by atoms with Gasteiger partial charge in [-0.3, -0.25) is 14.6 Å². The Kier molecular flexibility index (Phi) is 4.53. The number of nitrogens with zero attached hydrogens (tertiary/aromatic N) is 3. The zero-order valence-corrected chi connectivity index (χ0v) is 15.5. The third-order valence-corrected chi connectivity index (χ3v) is 5.42. The first-order valence-electron chi connectivity index (χ1n) is 9.15. The number of carbonyl (C=O) groups excluding carboxylic acids is 2. The van der Waals surface area contributed by atoms with Gasteiger partial charge in [0.2, 0.25) is 5.91 Å². The smallest absolute Gasteiger partial charge is 0.254 e. The molecule has 0 saturated carbocycles. The Labute approximate surface area is 158 Å². The van der Waals surface area contributed by atoms with Crippen LogP contribution in [0.4, 0.5) is 11.4 Å². The summed E-state index contributed by atoms with van der Waals surface area (Å²) >= 11 is 0. The van der Waals surface area contributed by atoms with E-state index in [9.17, 15) is 9.59 Å². The van der Waals surface area contributed by atoms with Crippen molar-refractivity contribution in [2.75, 3.05) is 36.9 Å². The molecule has 7 heteroatoms. The molecule has 1 fully saturated rings. The Morgan fingerprint density at radius 3 is 2.93 bits per heavy atom. The van der Waals surface area contributed by atoms with E-state index in [1.54, 1.807) is 18.5 Å². The second-order valence-electron chi connectivity index (χ2n) is 7.01. The molecule has 0 aliphatic carbocycles. The fourth-order valence-electron chi connectivity index (χ4n) is 3.68. The van der Waals surface area contributed by atoms with Crippen LogP contribution in [0.25, 0.3) is 0 Å². The molecule has 2 aromatic rings. The first-order chi connectivity index (χ1) is 13.1. The van der Waals surface area contributed by atoms with Crippen LogP contribution < -0.4 is 15.5 Å². The van der Waals surface area contributed by atoms with Crippen LogP contribution >= 0.6 is 0 Å². The second kappa shape index (κ2) is 7.00. The molecular formula is C20H23N5O2. The van der Waals surface area contributed by atoms with Gasteiger partial charge in [0.05, 0.1) is 17.4 Å². The molecule has 0 bridgehead atoms. The van der Waals surface area contributed by atoms with Gasteiger partial charge in [-0.1, -0.05) is 6.07 Å². The first-order valence-corrected chi connectivity index (χ1v) is 9.15. The topological polar surface area (TPSA) is 77.6 Å². The van der Waals surface area contributed by atoms with Gasteiger partial charge >= 0.3 is 0 Å². The van der Waals surface area contributed by atoms with E-state index in [1.807, 2.05) is 48.0 Å². The summed E-state index contributed by atoms with van der Waals surface area (Å²) in [6.07, 6.45) is 3.54. The van der Waals surface area contributed by atoms with Gasteiger partial charge in [0, 0.05) is 44.6 Å². The van der Waals surface area contributed by atoms with Crippen molar-refractivity contribution >= 4 is 23.2 Å². The summed E-state index contributed by atoms with van der Waals surface area (Å²) in [6.45, 7) is 3.93. The predicted molar refractivity (Wildman–Crippen MR) is 104 cm³/mol. The maximum atomic E-state index is 13.2. The van der Waals surface area contributed by atoms with Crippen LogP contribution in [0.2, 0.25) is 0 Å². The number of hydrogen-bond donors (Lipinski definition) is 2. The number of carbonyl (C=O) groups is 2. The molecule has 0 spiro atoms. The molecule has 4 rings (SSSR count). The quantitative estimate of drug-likeness (QED) is 0.846. The Balaban J connectivity index is 1.64. The lowest BCUT2D eigenvalue weighted by molar-refractivity contribution is -0.117. The fourth-order valence-corrected chi connectivity index (χ4v) is 3.68.